The number of primary sulfonamides is 1. The first kappa shape index (κ1) is 25.3. The van der Waals surface area contributed by atoms with E-state index < -0.39 is 10.0 Å². The SMILES string of the molecule is NS(=O)(=O)c1ccccc1NC(=S)N=Nc1c(O)n(Cc2ccc3ccccc3c2)c2ccc(I)cc12. The van der Waals surface area contributed by atoms with Crippen LogP contribution in [0.25, 0.3) is 21.7 Å². The quantitative estimate of drug-likeness (QED) is 0.119. The maximum atomic E-state index is 11.9. The summed E-state index contributed by atoms with van der Waals surface area (Å²) in [6, 6.07) is 26.2. The number of nitrogens with zero attached hydrogens (tertiary/aromatic N) is 3. The molecule has 0 aliphatic heterocycles. The fourth-order valence-corrected chi connectivity index (χ4v) is 5.46. The van der Waals surface area contributed by atoms with Crippen LogP contribution in [0.15, 0.2) is 100 Å². The molecule has 1 aromatic heterocycles. The second kappa shape index (κ2) is 10.2. The van der Waals surface area contributed by atoms with Gasteiger partial charge in [0.15, 0.2) is 5.69 Å². The van der Waals surface area contributed by atoms with Gasteiger partial charge in [0, 0.05) is 8.96 Å². The van der Waals surface area contributed by atoms with Gasteiger partial charge in [0.2, 0.25) is 21.0 Å². The molecular weight excluding hydrogens is 621 g/mol. The molecule has 0 atom stereocenters. The summed E-state index contributed by atoms with van der Waals surface area (Å²) in [6.07, 6.45) is 0. The molecule has 0 radical (unpaired) electrons. The zero-order valence-corrected chi connectivity index (χ0v) is 23.0. The number of rotatable bonds is 5. The molecule has 0 aliphatic rings. The highest BCUT2D eigenvalue weighted by Crippen LogP contribution is 2.40. The first-order valence-electron chi connectivity index (χ1n) is 11.0. The minimum Gasteiger partial charge on any atom is -0.493 e. The number of nitrogens with one attached hydrogen (secondary N) is 1. The zero-order valence-electron chi connectivity index (χ0n) is 19.2. The molecule has 4 aromatic carbocycles. The Morgan fingerprint density at radius 1 is 1.00 bits per heavy atom. The summed E-state index contributed by atoms with van der Waals surface area (Å²) in [5.74, 6) is -0.0540. The Morgan fingerprint density at radius 2 is 1.73 bits per heavy atom. The molecule has 0 aliphatic carbocycles. The maximum Gasteiger partial charge on any atom is 0.240 e. The van der Waals surface area contributed by atoms with E-state index in [4.69, 9.17) is 17.4 Å². The van der Waals surface area contributed by atoms with Crippen LogP contribution in [-0.2, 0) is 16.6 Å². The summed E-state index contributed by atoms with van der Waals surface area (Å²) in [4.78, 5) is -0.114. The Kier molecular flexibility index (Phi) is 6.94. The van der Waals surface area contributed by atoms with Crippen LogP contribution in [0.1, 0.15) is 5.56 Å². The van der Waals surface area contributed by atoms with Crippen LogP contribution >= 0.6 is 34.8 Å². The molecule has 4 N–H and O–H groups in total. The van der Waals surface area contributed by atoms with E-state index in [2.05, 4.69) is 62.4 Å². The van der Waals surface area contributed by atoms with E-state index in [0.29, 0.717) is 11.9 Å². The molecule has 37 heavy (non-hydrogen) atoms. The number of fused-ring (bicyclic) bond motifs is 2. The van der Waals surface area contributed by atoms with Crippen molar-refractivity contribution in [2.24, 2.45) is 15.4 Å². The molecule has 5 aromatic rings. The number of aromatic nitrogens is 1. The minimum atomic E-state index is -3.97. The number of sulfonamides is 1. The molecule has 0 saturated heterocycles. The van der Waals surface area contributed by atoms with Gasteiger partial charge in [-0.05, 0) is 87.5 Å². The number of azo groups is 1. The van der Waals surface area contributed by atoms with Crippen molar-refractivity contribution in [1.82, 2.24) is 4.57 Å². The van der Waals surface area contributed by atoms with Gasteiger partial charge in [0.1, 0.15) is 4.90 Å². The fourth-order valence-electron chi connectivity index (χ4n) is 4.13. The third-order valence-corrected chi connectivity index (χ3v) is 7.63. The number of thiocarbonyl (C=S) groups is 1. The molecule has 0 fully saturated rings. The minimum absolute atomic E-state index is 0.0540. The first-order chi connectivity index (χ1) is 17.7. The highest BCUT2D eigenvalue weighted by molar-refractivity contribution is 14.1. The predicted octanol–water partition coefficient (Wildman–Crippen LogP) is 6.28. The number of benzene rings is 4. The highest BCUT2D eigenvalue weighted by atomic mass is 127. The third-order valence-electron chi connectivity index (χ3n) is 5.80. The Morgan fingerprint density at radius 3 is 2.51 bits per heavy atom. The average molecular weight is 642 g/mol. The van der Waals surface area contributed by atoms with E-state index in [0.717, 1.165) is 25.4 Å². The van der Waals surface area contributed by atoms with Gasteiger partial charge in [-0.25, -0.2) is 13.6 Å². The number of hydrogen-bond acceptors (Lipinski definition) is 5. The number of halogens is 1. The van der Waals surface area contributed by atoms with Crippen molar-refractivity contribution in [1.29, 1.82) is 0 Å². The van der Waals surface area contributed by atoms with Crippen molar-refractivity contribution in [2.45, 2.75) is 11.4 Å². The number of aromatic hydroxyl groups is 1. The Labute approximate surface area is 232 Å². The largest absolute Gasteiger partial charge is 0.493 e. The van der Waals surface area contributed by atoms with E-state index in [1.807, 2.05) is 36.4 Å². The summed E-state index contributed by atoms with van der Waals surface area (Å²) in [6.45, 7) is 0.424. The van der Waals surface area contributed by atoms with Crippen LogP contribution in [-0.4, -0.2) is 23.2 Å². The van der Waals surface area contributed by atoms with Crippen molar-refractivity contribution in [2.75, 3.05) is 5.32 Å². The van der Waals surface area contributed by atoms with Crippen LogP contribution in [0.5, 0.6) is 5.88 Å². The Hall–Kier alpha value is -3.39. The van der Waals surface area contributed by atoms with Crippen molar-refractivity contribution < 1.29 is 13.5 Å². The second-order valence-corrected chi connectivity index (χ2v) is 11.4. The maximum absolute atomic E-state index is 11.9. The average Bonchev–Trinajstić information content (AvgIpc) is 3.12. The molecule has 5 rings (SSSR count). The van der Waals surface area contributed by atoms with Gasteiger partial charge < -0.3 is 15.0 Å². The van der Waals surface area contributed by atoms with Crippen molar-refractivity contribution in [3.8, 4) is 5.88 Å². The Balaban J connectivity index is 1.49. The standard InChI is InChI=1S/C26H20IN5O3S2/c27-19-11-12-22-20(14-19)24(30-31-26(36)29-21-7-3-4-8-23(21)37(28,34)35)25(33)32(22)15-16-9-10-17-5-1-2-6-18(17)13-16/h1-14,33H,15H2,(H,29,36)(H2,28,34,35). The summed E-state index contributed by atoms with van der Waals surface area (Å²) in [7, 11) is -3.97. The molecule has 0 amide bonds. The molecule has 186 valence electrons. The number of anilines is 1. The van der Waals surface area contributed by atoms with Gasteiger partial charge in [-0.2, -0.15) is 0 Å². The van der Waals surface area contributed by atoms with Crippen LogP contribution in [0.2, 0.25) is 0 Å². The predicted molar refractivity (Wildman–Crippen MR) is 158 cm³/mol. The fraction of sp³-hybridized carbons (Fsp3) is 0.0385. The van der Waals surface area contributed by atoms with E-state index in [-0.39, 0.29) is 27.3 Å². The van der Waals surface area contributed by atoms with Crippen LogP contribution in [0.4, 0.5) is 11.4 Å². The van der Waals surface area contributed by atoms with Gasteiger partial charge >= 0.3 is 0 Å². The smallest absolute Gasteiger partial charge is 0.240 e. The lowest BCUT2D eigenvalue weighted by Crippen LogP contribution is -2.16. The summed E-state index contributed by atoms with van der Waals surface area (Å²) < 4.78 is 26.5. The topological polar surface area (TPSA) is 122 Å². The molecule has 8 nitrogen and oxygen atoms in total. The van der Waals surface area contributed by atoms with E-state index >= 15 is 0 Å². The van der Waals surface area contributed by atoms with Gasteiger partial charge in [0.25, 0.3) is 0 Å². The third kappa shape index (κ3) is 5.34. The van der Waals surface area contributed by atoms with Crippen LogP contribution in [0, 0.1) is 3.57 Å². The lowest BCUT2D eigenvalue weighted by atomic mass is 10.1. The monoisotopic (exact) mass is 641 g/mol. The summed E-state index contributed by atoms with van der Waals surface area (Å²) in [5, 5.41) is 30.4. The molecule has 0 saturated carbocycles. The van der Waals surface area contributed by atoms with E-state index in [9.17, 15) is 13.5 Å². The highest BCUT2D eigenvalue weighted by Gasteiger charge is 2.18. The van der Waals surface area contributed by atoms with Gasteiger partial charge in [-0.1, -0.05) is 48.5 Å². The Bertz CT molecular complexity index is 1820. The normalized spacial score (nSPS) is 11.9. The lowest BCUT2D eigenvalue weighted by molar-refractivity contribution is 0.429. The van der Waals surface area contributed by atoms with Crippen LogP contribution in [0.3, 0.4) is 0 Å². The van der Waals surface area contributed by atoms with Gasteiger partial charge in [0.05, 0.1) is 17.7 Å². The molecule has 0 bridgehead atoms. The summed E-state index contributed by atoms with van der Waals surface area (Å²) in [5.41, 5.74) is 2.26. The van der Waals surface area contributed by atoms with Crippen LogP contribution < -0.4 is 10.5 Å². The summed E-state index contributed by atoms with van der Waals surface area (Å²) >= 11 is 7.47. The van der Waals surface area contributed by atoms with Gasteiger partial charge in [-0.15, -0.1) is 10.2 Å². The molecule has 0 unspecified atom stereocenters. The zero-order chi connectivity index (χ0) is 26.2. The van der Waals surface area contributed by atoms with Gasteiger partial charge in [-0.3, -0.25) is 0 Å². The lowest BCUT2D eigenvalue weighted by Gasteiger charge is -2.09. The molecule has 11 heteroatoms. The van der Waals surface area contributed by atoms with Crippen molar-refractivity contribution >= 4 is 83.0 Å². The number of para-hydroxylation sites is 1. The molecule has 1 heterocycles. The van der Waals surface area contributed by atoms with Crippen molar-refractivity contribution in [3.05, 3.63) is 94.1 Å². The number of hydrogen-bond donors (Lipinski definition) is 3. The second-order valence-electron chi connectivity index (χ2n) is 8.27. The number of nitrogens with two attached hydrogens (primary N) is 1. The van der Waals surface area contributed by atoms with E-state index in [1.165, 1.54) is 12.1 Å². The first-order valence-corrected chi connectivity index (χ1v) is 14.1. The van der Waals surface area contributed by atoms with Crippen molar-refractivity contribution in [3.63, 3.8) is 0 Å². The van der Waals surface area contributed by atoms with E-state index in [1.54, 1.807) is 16.7 Å². The molecular formula is C26H20IN5O3S2. The molecule has 0 spiro atoms.